The SMILES string of the molecule is CCN(CC1CCCCN1)C(C)Cc1ccccc1. The average molecular weight is 260 g/mol. The minimum absolute atomic E-state index is 0.621. The summed E-state index contributed by atoms with van der Waals surface area (Å²) in [6.07, 6.45) is 5.24. The molecule has 1 aromatic rings. The van der Waals surface area contributed by atoms with Crippen molar-refractivity contribution in [2.24, 2.45) is 0 Å². The molecule has 1 heterocycles. The maximum atomic E-state index is 3.66. The Morgan fingerprint density at radius 1 is 1.26 bits per heavy atom. The van der Waals surface area contributed by atoms with Crippen molar-refractivity contribution in [3.8, 4) is 0 Å². The summed E-state index contributed by atoms with van der Waals surface area (Å²) in [4.78, 5) is 2.62. The predicted molar refractivity (Wildman–Crippen MR) is 82.5 cm³/mol. The molecule has 1 aromatic carbocycles. The second-order valence-corrected chi connectivity index (χ2v) is 5.77. The van der Waals surface area contributed by atoms with Gasteiger partial charge in [-0.05, 0) is 44.8 Å². The van der Waals surface area contributed by atoms with Crippen LogP contribution in [0.25, 0.3) is 0 Å². The fourth-order valence-corrected chi connectivity index (χ4v) is 3.07. The number of hydrogen-bond donors (Lipinski definition) is 1. The zero-order valence-corrected chi connectivity index (χ0v) is 12.4. The maximum Gasteiger partial charge on any atom is 0.0195 e. The van der Waals surface area contributed by atoms with E-state index in [1.54, 1.807) is 0 Å². The van der Waals surface area contributed by atoms with Gasteiger partial charge in [-0.3, -0.25) is 4.90 Å². The van der Waals surface area contributed by atoms with Gasteiger partial charge in [0.15, 0.2) is 0 Å². The molecule has 2 nitrogen and oxygen atoms in total. The quantitative estimate of drug-likeness (QED) is 0.845. The van der Waals surface area contributed by atoms with Crippen molar-refractivity contribution in [3.63, 3.8) is 0 Å². The minimum Gasteiger partial charge on any atom is -0.313 e. The molecule has 0 amide bonds. The Kier molecular flexibility index (Phi) is 5.87. The van der Waals surface area contributed by atoms with E-state index in [0.717, 1.165) is 13.0 Å². The minimum atomic E-state index is 0.621. The maximum absolute atomic E-state index is 3.66. The smallest absolute Gasteiger partial charge is 0.0195 e. The molecule has 2 rings (SSSR count). The summed E-state index contributed by atoms with van der Waals surface area (Å²) >= 11 is 0. The van der Waals surface area contributed by atoms with Crippen molar-refractivity contribution in [1.82, 2.24) is 10.2 Å². The molecule has 0 spiro atoms. The molecule has 1 fully saturated rings. The Bertz CT molecular complexity index is 344. The van der Waals surface area contributed by atoms with E-state index < -0.39 is 0 Å². The van der Waals surface area contributed by atoms with Crippen LogP contribution in [0.1, 0.15) is 38.7 Å². The van der Waals surface area contributed by atoms with Crippen LogP contribution in [0.15, 0.2) is 30.3 Å². The lowest BCUT2D eigenvalue weighted by Crippen LogP contribution is -2.47. The van der Waals surface area contributed by atoms with E-state index in [2.05, 4.69) is 54.4 Å². The van der Waals surface area contributed by atoms with Crippen LogP contribution in [0.4, 0.5) is 0 Å². The molecule has 1 aliphatic rings. The van der Waals surface area contributed by atoms with Gasteiger partial charge < -0.3 is 5.32 Å². The second-order valence-electron chi connectivity index (χ2n) is 5.77. The van der Waals surface area contributed by atoms with Gasteiger partial charge >= 0.3 is 0 Å². The van der Waals surface area contributed by atoms with E-state index in [0.29, 0.717) is 12.1 Å². The van der Waals surface area contributed by atoms with Crippen molar-refractivity contribution in [1.29, 1.82) is 0 Å². The van der Waals surface area contributed by atoms with Crippen LogP contribution in [0.5, 0.6) is 0 Å². The summed E-state index contributed by atoms with van der Waals surface area (Å²) in [5.74, 6) is 0. The molecule has 0 aromatic heterocycles. The Hall–Kier alpha value is -0.860. The Labute approximate surface area is 118 Å². The summed E-state index contributed by atoms with van der Waals surface area (Å²) < 4.78 is 0. The largest absolute Gasteiger partial charge is 0.313 e. The highest BCUT2D eigenvalue weighted by atomic mass is 15.2. The molecule has 0 radical (unpaired) electrons. The lowest BCUT2D eigenvalue weighted by Gasteiger charge is -2.34. The fourth-order valence-electron chi connectivity index (χ4n) is 3.07. The molecule has 106 valence electrons. The lowest BCUT2D eigenvalue weighted by atomic mass is 10.0. The third kappa shape index (κ3) is 4.63. The highest BCUT2D eigenvalue weighted by Gasteiger charge is 2.19. The molecule has 0 bridgehead atoms. The number of nitrogens with one attached hydrogen (secondary N) is 1. The van der Waals surface area contributed by atoms with Crippen molar-refractivity contribution >= 4 is 0 Å². The van der Waals surface area contributed by atoms with Crippen LogP contribution in [0.3, 0.4) is 0 Å². The predicted octanol–water partition coefficient (Wildman–Crippen LogP) is 3.08. The third-order valence-corrected chi connectivity index (χ3v) is 4.27. The van der Waals surface area contributed by atoms with Gasteiger partial charge in [0, 0.05) is 18.6 Å². The normalized spacial score (nSPS) is 21.5. The molecule has 2 atom stereocenters. The van der Waals surface area contributed by atoms with Crippen LogP contribution < -0.4 is 5.32 Å². The van der Waals surface area contributed by atoms with Gasteiger partial charge in [0.05, 0.1) is 0 Å². The summed E-state index contributed by atoms with van der Waals surface area (Å²) in [6.45, 7) is 8.19. The van der Waals surface area contributed by atoms with Gasteiger partial charge in [0.1, 0.15) is 0 Å². The number of benzene rings is 1. The lowest BCUT2D eigenvalue weighted by molar-refractivity contribution is 0.182. The highest BCUT2D eigenvalue weighted by molar-refractivity contribution is 5.15. The first-order valence-electron chi connectivity index (χ1n) is 7.81. The third-order valence-electron chi connectivity index (χ3n) is 4.27. The zero-order valence-electron chi connectivity index (χ0n) is 12.4. The molecule has 2 unspecified atom stereocenters. The van der Waals surface area contributed by atoms with Gasteiger partial charge in [0.25, 0.3) is 0 Å². The van der Waals surface area contributed by atoms with Crippen LogP contribution in [-0.2, 0) is 6.42 Å². The molecule has 1 N–H and O–H groups in total. The number of piperidine rings is 1. The Balaban J connectivity index is 1.85. The molecule has 1 saturated heterocycles. The van der Waals surface area contributed by atoms with Gasteiger partial charge in [-0.1, -0.05) is 43.7 Å². The summed E-state index contributed by atoms with van der Waals surface area (Å²) in [5, 5.41) is 3.66. The van der Waals surface area contributed by atoms with Crippen molar-refractivity contribution < 1.29 is 0 Å². The van der Waals surface area contributed by atoms with Crippen molar-refractivity contribution in [2.75, 3.05) is 19.6 Å². The van der Waals surface area contributed by atoms with Gasteiger partial charge in [0.2, 0.25) is 0 Å². The number of rotatable bonds is 6. The zero-order chi connectivity index (χ0) is 13.5. The fraction of sp³-hybridized carbons (Fsp3) is 0.647. The summed E-state index contributed by atoms with van der Waals surface area (Å²) in [7, 11) is 0. The van der Waals surface area contributed by atoms with Crippen LogP contribution in [0, 0.1) is 0 Å². The molecule has 0 aliphatic carbocycles. The average Bonchev–Trinajstić information content (AvgIpc) is 2.47. The first-order valence-corrected chi connectivity index (χ1v) is 7.81. The van der Waals surface area contributed by atoms with Crippen LogP contribution in [0.2, 0.25) is 0 Å². The van der Waals surface area contributed by atoms with E-state index in [1.807, 2.05) is 0 Å². The van der Waals surface area contributed by atoms with E-state index in [9.17, 15) is 0 Å². The molecular weight excluding hydrogens is 232 g/mol. The van der Waals surface area contributed by atoms with E-state index in [4.69, 9.17) is 0 Å². The monoisotopic (exact) mass is 260 g/mol. The van der Waals surface area contributed by atoms with Crippen molar-refractivity contribution in [2.45, 2.75) is 51.6 Å². The molecule has 19 heavy (non-hydrogen) atoms. The van der Waals surface area contributed by atoms with Crippen LogP contribution in [-0.4, -0.2) is 36.6 Å². The molecule has 0 saturated carbocycles. The summed E-state index contributed by atoms with van der Waals surface area (Å²) in [5.41, 5.74) is 1.45. The second kappa shape index (κ2) is 7.66. The highest BCUT2D eigenvalue weighted by Crippen LogP contribution is 2.13. The topological polar surface area (TPSA) is 15.3 Å². The van der Waals surface area contributed by atoms with Gasteiger partial charge in [-0.2, -0.15) is 0 Å². The van der Waals surface area contributed by atoms with E-state index in [1.165, 1.54) is 37.9 Å². The number of hydrogen-bond acceptors (Lipinski definition) is 2. The first kappa shape index (κ1) is 14.5. The Morgan fingerprint density at radius 2 is 2.05 bits per heavy atom. The van der Waals surface area contributed by atoms with Gasteiger partial charge in [-0.25, -0.2) is 0 Å². The van der Waals surface area contributed by atoms with E-state index >= 15 is 0 Å². The standard InChI is InChI=1S/C17H28N2/c1-3-19(14-17-11-7-8-12-18-17)15(2)13-16-9-5-4-6-10-16/h4-6,9-10,15,17-18H,3,7-8,11-14H2,1-2H3. The first-order chi connectivity index (χ1) is 9.29. The van der Waals surface area contributed by atoms with Crippen LogP contribution >= 0.6 is 0 Å². The summed E-state index contributed by atoms with van der Waals surface area (Å²) in [6, 6.07) is 12.2. The molecule has 2 heteroatoms. The molecular formula is C17H28N2. The van der Waals surface area contributed by atoms with Gasteiger partial charge in [-0.15, -0.1) is 0 Å². The molecule has 1 aliphatic heterocycles. The number of likely N-dealkylation sites (N-methyl/N-ethyl adjacent to an activating group) is 1. The Morgan fingerprint density at radius 3 is 2.68 bits per heavy atom. The van der Waals surface area contributed by atoms with Crippen molar-refractivity contribution in [3.05, 3.63) is 35.9 Å². The van der Waals surface area contributed by atoms with E-state index in [-0.39, 0.29) is 0 Å². The number of nitrogens with zero attached hydrogens (tertiary/aromatic N) is 1.